The van der Waals surface area contributed by atoms with E-state index in [0.717, 1.165) is 18.7 Å². The second-order valence-electron chi connectivity index (χ2n) is 9.23. The van der Waals surface area contributed by atoms with E-state index in [-0.39, 0.29) is 6.23 Å². The third-order valence-corrected chi connectivity index (χ3v) is 7.82. The molecule has 0 aromatic carbocycles. The lowest BCUT2D eigenvalue weighted by Gasteiger charge is -2.50. The number of piperidine rings is 1. The molecule has 4 fully saturated rings. The van der Waals surface area contributed by atoms with Gasteiger partial charge in [0.05, 0.1) is 0 Å². The van der Waals surface area contributed by atoms with E-state index in [2.05, 4.69) is 33.9 Å². The number of hydrogen-bond donors (Lipinski definition) is 1. The van der Waals surface area contributed by atoms with Crippen LogP contribution in [0.2, 0.25) is 0 Å². The zero-order valence-electron chi connectivity index (χ0n) is 17.1. The molecule has 150 valence electrons. The highest BCUT2D eigenvalue weighted by atomic mass is 16.5. The van der Waals surface area contributed by atoms with Gasteiger partial charge in [-0.2, -0.15) is 0 Å². The maximum atomic E-state index is 5.77. The summed E-state index contributed by atoms with van der Waals surface area (Å²) in [5, 5.41) is 3.49. The van der Waals surface area contributed by atoms with Crippen LogP contribution in [0.5, 0.6) is 0 Å². The number of likely N-dealkylation sites (tertiary alicyclic amines) is 1. The molecule has 4 aliphatic rings. The Balaban J connectivity index is 1.17. The summed E-state index contributed by atoms with van der Waals surface area (Å²) >= 11 is 0. The molecule has 1 atom stereocenters. The average Bonchev–Trinajstić information content (AvgIpc) is 2.67. The molecule has 0 aromatic rings. The minimum Gasteiger partial charge on any atom is -0.364 e. The van der Waals surface area contributed by atoms with E-state index in [1.54, 1.807) is 0 Å². The van der Waals surface area contributed by atoms with Gasteiger partial charge in [0, 0.05) is 58.0 Å². The molecule has 5 nitrogen and oxygen atoms in total. The van der Waals surface area contributed by atoms with Gasteiger partial charge in [0.1, 0.15) is 6.23 Å². The van der Waals surface area contributed by atoms with Crippen molar-refractivity contribution >= 4 is 0 Å². The predicted octanol–water partition coefficient (Wildman–Crippen LogP) is 1.98. The van der Waals surface area contributed by atoms with Crippen LogP contribution in [0.3, 0.4) is 0 Å². The average molecular weight is 365 g/mol. The third kappa shape index (κ3) is 4.12. The van der Waals surface area contributed by atoms with Crippen LogP contribution in [0.15, 0.2) is 0 Å². The summed E-state index contributed by atoms with van der Waals surface area (Å²) in [5.74, 6) is 0. The highest BCUT2D eigenvalue weighted by Gasteiger charge is 2.41. The van der Waals surface area contributed by atoms with Gasteiger partial charge in [-0.25, -0.2) is 0 Å². The van der Waals surface area contributed by atoms with E-state index in [1.807, 2.05) is 0 Å². The number of ether oxygens (including phenoxy) is 1. The molecule has 3 aliphatic heterocycles. The molecule has 1 N–H and O–H groups in total. The van der Waals surface area contributed by atoms with Crippen LogP contribution >= 0.6 is 0 Å². The number of rotatable bonds is 5. The number of hydrogen-bond acceptors (Lipinski definition) is 5. The topological polar surface area (TPSA) is 31.0 Å². The fourth-order valence-corrected chi connectivity index (χ4v) is 5.84. The van der Waals surface area contributed by atoms with Gasteiger partial charge in [-0.15, -0.1) is 0 Å². The maximum absolute atomic E-state index is 5.77. The second-order valence-corrected chi connectivity index (χ2v) is 9.23. The van der Waals surface area contributed by atoms with Gasteiger partial charge >= 0.3 is 0 Å². The number of nitrogens with one attached hydrogen (secondary N) is 1. The largest absolute Gasteiger partial charge is 0.364 e. The van der Waals surface area contributed by atoms with E-state index >= 15 is 0 Å². The van der Waals surface area contributed by atoms with Crippen molar-refractivity contribution in [1.29, 1.82) is 0 Å². The van der Waals surface area contributed by atoms with Crippen LogP contribution in [-0.2, 0) is 4.74 Å². The van der Waals surface area contributed by atoms with Crippen molar-refractivity contribution < 1.29 is 4.74 Å². The second kappa shape index (κ2) is 8.44. The first-order valence-electron chi connectivity index (χ1n) is 11.2. The molecular weight excluding hydrogens is 324 g/mol. The van der Waals surface area contributed by atoms with E-state index in [1.165, 1.54) is 90.9 Å². The van der Waals surface area contributed by atoms with E-state index < -0.39 is 0 Å². The molecule has 1 saturated carbocycles. The summed E-state index contributed by atoms with van der Waals surface area (Å²) in [6.45, 7) is 15.1. The van der Waals surface area contributed by atoms with Crippen molar-refractivity contribution in [3.8, 4) is 0 Å². The fourth-order valence-electron chi connectivity index (χ4n) is 5.84. The normalized spacial score (nSPS) is 31.2. The van der Waals surface area contributed by atoms with Crippen LogP contribution in [-0.4, -0.2) is 92.0 Å². The molecule has 1 unspecified atom stereocenters. The Morgan fingerprint density at radius 3 is 2.00 bits per heavy atom. The fraction of sp³-hybridized carbons (Fsp3) is 1.00. The van der Waals surface area contributed by atoms with Gasteiger partial charge in [-0.1, -0.05) is 0 Å². The molecule has 0 aromatic heterocycles. The molecule has 1 spiro atoms. The van der Waals surface area contributed by atoms with Gasteiger partial charge in [-0.05, 0) is 70.9 Å². The Labute approximate surface area is 160 Å². The van der Waals surface area contributed by atoms with Crippen LogP contribution in [0.1, 0.15) is 52.4 Å². The Kier molecular flexibility index (Phi) is 6.21. The molecule has 0 radical (unpaired) electrons. The summed E-state index contributed by atoms with van der Waals surface area (Å²) in [7, 11) is 0. The monoisotopic (exact) mass is 364 g/mol. The summed E-state index contributed by atoms with van der Waals surface area (Å²) in [4.78, 5) is 8.10. The first-order chi connectivity index (χ1) is 12.7. The molecule has 26 heavy (non-hydrogen) atoms. The lowest BCUT2D eigenvalue weighted by molar-refractivity contribution is -0.0687. The molecule has 1 aliphatic carbocycles. The van der Waals surface area contributed by atoms with Crippen molar-refractivity contribution in [2.24, 2.45) is 5.41 Å². The van der Waals surface area contributed by atoms with Crippen molar-refractivity contribution in [2.45, 2.75) is 70.7 Å². The molecule has 5 heteroatoms. The summed E-state index contributed by atoms with van der Waals surface area (Å²) in [5.41, 5.74) is 0.702. The van der Waals surface area contributed by atoms with E-state index in [0.29, 0.717) is 5.41 Å². The lowest BCUT2D eigenvalue weighted by atomic mass is 9.68. The van der Waals surface area contributed by atoms with Gasteiger partial charge in [0.2, 0.25) is 0 Å². The first-order valence-corrected chi connectivity index (χ1v) is 11.2. The molecule has 0 bridgehead atoms. The minimum atomic E-state index is 0.282. The maximum Gasteiger partial charge on any atom is 0.107 e. The van der Waals surface area contributed by atoms with Gasteiger partial charge in [0.25, 0.3) is 0 Å². The molecular formula is C21H40N4O. The van der Waals surface area contributed by atoms with Crippen LogP contribution < -0.4 is 5.32 Å². The van der Waals surface area contributed by atoms with Crippen LogP contribution in [0.4, 0.5) is 0 Å². The lowest BCUT2D eigenvalue weighted by Crippen LogP contribution is -2.58. The first kappa shape index (κ1) is 19.1. The summed E-state index contributed by atoms with van der Waals surface area (Å²) in [6.07, 6.45) is 8.86. The smallest absolute Gasteiger partial charge is 0.107 e. The summed E-state index contributed by atoms with van der Waals surface area (Å²) < 4.78 is 5.77. The SMILES string of the molecule is CCOC(C)N1CCN(C2CCN(C3CCC4(CC3)CNC4)CC2)CC1. The number of nitrogens with zero attached hydrogens (tertiary/aromatic N) is 3. The Bertz CT molecular complexity index is 429. The number of piperazine rings is 1. The highest BCUT2D eigenvalue weighted by molar-refractivity contribution is 4.98. The van der Waals surface area contributed by atoms with E-state index in [9.17, 15) is 0 Å². The van der Waals surface area contributed by atoms with Gasteiger partial charge in [-0.3, -0.25) is 9.80 Å². The third-order valence-electron chi connectivity index (χ3n) is 7.82. The zero-order valence-corrected chi connectivity index (χ0v) is 17.1. The summed E-state index contributed by atoms with van der Waals surface area (Å²) in [6, 6.07) is 1.70. The highest BCUT2D eigenvalue weighted by Crippen LogP contribution is 2.41. The Hall–Kier alpha value is -0.200. The molecule has 4 rings (SSSR count). The zero-order chi connectivity index (χ0) is 18.0. The Morgan fingerprint density at radius 2 is 1.46 bits per heavy atom. The van der Waals surface area contributed by atoms with E-state index in [4.69, 9.17) is 4.74 Å². The van der Waals surface area contributed by atoms with Crippen molar-refractivity contribution in [3.63, 3.8) is 0 Å². The minimum absolute atomic E-state index is 0.282. The van der Waals surface area contributed by atoms with Gasteiger partial charge < -0.3 is 15.0 Å². The van der Waals surface area contributed by atoms with Crippen molar-refractivity contribution in [2.75, 3.05) is 59.0 Å². The standard InChI is InChI=1S/C21H40N4O/c1-3-26-18(2)23-12-14-25(15-13-23)20-6-10-24(11-7-20)19-4-8-21(9-5-19)16-22-17-21/h18-20,22H,3-17H2,1-2H3. The molecule has 3 saturated heterocycles. The molecule has 3 heterocycles. The van der Waals surface area contributed by atoms with Crippen LogP contribution in [0, 0.1) is 5.41 Å². The molecule has 0 amide bonds. The van der Waals surface area contributed by atoms with Gasteiger partial charge in [0.15, 0.2) is 0 Å². The van der Waals surface area contributed by atoms with Crippen LogP contribution in [0.25, 0.3) is 0 Å². The Morgan fingerprint density at radius 1 is 0.885 bits per heavy atom. The predicted molar refractivity (Wildman–Crippen MR) is 106 cm³/mol. The van der Waals surface area contributed by atoms with Crippen molar-refractivity contribution in [1.82, 2.24) is 20.0 Å². The quantitative estimate of drug-likeness (QED) is 0.806. The van der Waals surface area contributed by atoms with Crippen molar-refractivity contribution in [3.05, 3.63) is 0 Å².